The summed E-state index contributed by atoms with van der Waals surface area (Å²) in [5.74, 6) is -0.0794. The number of carbonyl (C=O) groups excluding carboxylic acids is 1. The number of aromatic nitrogens is 1. The number of morpholine rings is 1. The van der Waals surface area contributed by atoms with Gasteiger partial charge in [-0.2, -0.15) is 0 Å². The molecule has 2 rings (SSSR count). The number of carbonyl (C=O) groups is 1. The minimum atomic E-state index is -0.298. The lowest BCUT2D eigenvalue weighted by Gasteiger charge is -2.37. The van der Waals surface area contributed by atoms with Crippen molar-refractivity contribution in [1.29, 1.82) is 0 Å². The van der Waals surface area contributed by atoms with Crippen LogP contribution in [0.2, 0.25) is 0 Å². The van der Waals surface area contributed by atoms with Crippen LogP contribution in [0.15, 0.2) is 22.9 Å². The molecule has 1 aromatic heterocycles. The highest BCUT2D eigenvalue weighted by Crippen LogP contribution is 2.16. The number of amides is 1. The molecule has 6 heteroatoms. The van der Waals surface area contributed by atoms with Gasteiger partial charge in [0.1, 0.15) is 4.60 Å². The van der Waals surface area contributed by atoms with E-state index in [9.17, 15) is 4.79 Å². The third-order valence-electron chi connectivity index (χ3n) is 2.94. The molecule has 18 heavy (non-hydrogen) atoms. The predicted molar refractivity (Wildman–Crippen MR) is 69.3 cm³/mol. The average molecular weight is 315 g/mol. The molecule has 1 aliphatic heterocycles. The molecular weight excluding hydrogens is 300 g/mol. The number of hydrogen-bond acceptors (Lipinski definition) is 4. The Morgan fingerprint density at radius 3 is 3.06 bits per heavy atom. The first kappa shape index (κ1) is 13.5. The van der Waals surface area contributed by atoms with Crippen molar-refractivity contribution in [2.75, 3.05) is 19.8 Å². The molecule has 0 saturated carbocycles. The topological polar surface area (TPSA) is 62.7 Å². The van der Waals surface area contributed by atoms with E-state index in [0.717, 1.165) is 0 Å². The molecule has 0 aromatic carbocycles. The molecule has 5 nitrogen and oxygen atoms in total. The van der Waals surface area contributed by atoms with E-state index in [1.165, 1.54) is 0 Å². The number of ether oxygens (including phenoxy) is 1. The Kier molecular flexibility index (Phi) is 4.31. The Balaban J connectivity index is 2.13. The monoisotopic (exact) mass is 314 g/mol. The molecule has 98 valence electrons. The second kappa shape index (κ2) is 5.77. The van der Waals surface area contributed by atoms with E-state index in [1.54, 1.807) is 23.2 Å². The number of rotatable bonds is 2. The molecule has 1 saturated heterocycles. The normalized spacial score (nSPS) is 24.1. The van der Waals surface area contributed by atoms with Gasteiger partial charge in [-0.15, -0.1) is 0 Å². The first-order chi connectivity index (χ1) is 8.61. The SMILES string of the molecule is CC1COC(CO)CN1C(=O)c1ccc(Br)nc1. The summed E-state index contributed by atoms with van der Waals surface area (Å²) >= 11 is 3.23. The van der Waals surface area contributed by atoms with Gasteiger partial charge in [0, 0.05) is 12.7 Å². The van der Waals surface area contributed by atoms with Gasteiger partial charge in [0.25, 0.3) is 5.91 Å². The molecule has 2 heterocycles. The minimum absolute atomic E-state index is 0.00365. The second-order valence-electron chi connectivity index (χ2n) is 4.31. The molecule has 0 radical (unpaired) electrons. The predicted octanol–water partition coefficient (Wildman–Crippen LogP) is 1.07. The van der Waals surface area contributed by atoms with Gasteiger partial charge in [0.15, 0.2) is 0 Å². The molecule has 1 N–H and O–H groups in total. The Hall–Kier alpha value is -0.980. The van der Waals surface area contributed by atoms with E-state index >= 15 is 0 Å². The maximum absolute atomic E-state index is 12.3. The van der Waals surface area contributed by atoms with Gasteiger partial charge >= 0.3 is 0 Å². The zero-order valence-corrected chi connectivity index (χ0v) is 11.6. The van der Waals surface area contributed by atoms with Crippen molar-refractivity contribution in [3.05, 3.63) is 28.5 Å². The van der Waals surface area contributed by atoms with Crippen LogP contribution in [0.1, 0.15) is 17.3 Å². The Morgan fingerprint density at radius 1 is 1.67 bits per heavy atom. The fourth-order valence-corrected chi connectivity index (χ4v) is 2.11. The van der Waals surface area contributed by atoms with Crippen LogP contribution in [0, 0.1) is 0 Å². The lowest BCUT2D eigenvalue weighted by Crippen LogP contribution is -2.52. The average Bonchev–Trinajstić information content (AvgIpc) is 2.39. The number of nitrogens with zero attached hydrogens (tertiary/aromatic N) is 2. The highest BCUT2D eigenvalue weighted by atomic mass is 79.9. The van der Waals surface area contributed by atoms with Crippen LogP contribution in [0.4, 0.5) is 0 Å². The van der Waals surface area contributed by atoms with Gasteiger partial charge in [-0.3, -0.25) is 4.79 Å². The summed E-state index contributed by atoms with van der Waals surface area (Å²) in [5, 5.41) is 9.10. The van der Waals surface area contributed by atoms with Crippen molar-refractivity contribution in [3.8, 4) is 0 Å². The van der Waals surface area contributed by atoms with Crippen molar-refractivity contribution in [1.82, 2.24) is 9.88 Å². The largest absolute Gasteiger partial charge is 0.394 e. The lowest BCUT2D eigenvalue weighted by atomic mass is 10.1. The van der Waals surface area contributed by atoms with Gasteiger partial charge < -0.3 is 14.7 Å². The van der Waals surface area contributed by atoms with Gasteiger partial charge in [-0.05, 0) is 35.0 Å². The van der Waals surface area contributed by atoms with Crippen LogP contribution in [-0.4, -0.2) is 52.8 Å². The summed E-state index contributed by atoms with van der Waals surface area (Å²) in [5.41, 5.74) is 0.545. The van der Waals surface area contributed by atoms with Crippen LogP contribution in [-0.2, 0) is 4.74 Å². The van der Waals surface area contributed by atoms with Crippen molar-refractivity contribution < 1.29 is 14.6 Å². The fraction of sp³-hybridized carbons (Fsp3) is 0.500. The standard InChI is InChI=1S/C12H15BrN2O3/c1-8-7-18-10(6-16)5-15(8)12(17)9-2-3-11(13)14-4-9/h2-4,8,10,16H,5-7H2,1H3. The quantitative estimate of drug-likeness (QED) is 0.829. The zero-order chi connectivity index (χ0) is 13.1. The first-order valence-electron chi connectivity index (χ1n) is 5.77. The summed E-state index contributed by atoms with van der Waals surface area (Å²) in [6.45, 7) is 2.71. The molecule has 1 aromatic rings. The van der Waals surface area contributed by atoms with Crippen molar-refractivity contribution >= 4 is 21.8 Å². The fourth-order valence-electron chi connectivity index (χ4n) is 1.88. The Bertz CT molecular complexity index is 424. The van der Waals surface area contributed by atoms with Crippen LogP contribution in [0.5, 0.6) is 0 Å². The summed E-state index contributed by atoms with van der Waals surface area (Å²) in [6.07, 6.45) is 1.25. The van der Waals surface area contributed by atoms with Crippen LogP contribution in [0.3, 0.4) is 0 Å². The third kappa shape index (κ3) is 2.88. The summed E-state index contributed by atoms with van der Waals surface area (Å²) < 4.78 is 6.10. The summed E-state index contributed by atoms with van der Waals surface area (Å²) in [7, 11) is 0. The third-order valence-corrected chi connectivity index (χ3v) is 3.41. The van der Waals surface area contributed by atoms with Gasteiger partial charge in [-0.1, -0.05) is 0 Å². The smallest absolute Gasteiger partial charge is 0.255 e. The molecule has 1 amide bonds. The second-order valence-corrected chi connectivity index (χ2v) is 5.13. The number of aliphatic hydroxyl groups excluding tert-OH is 1. The molecular formula is C12H15BrN2O3. The highest BCUT2D eigenvalue weighted by Gasteiger charge is 2.29. The van der Waals surface area contributed by atoms with E-state index in [2.05, 4.69) is 20.9 Å². The van der Waals surface area contributed by atoms with Crippen molar-refractivity contribution in [3.63, 3.8) is 0 Å². The molecule has 2 unspecified atom stereocenters. The number of aliphatic hydroxyl groups is 1. The van der Waals surface area contributed by atoms with E-state index in [1.807, 2.05) is 6.92 Å². The molecule has 1 aliphatic rings. The van der Waals surface area contributed by atoms with Crippen LogP contribution >= 0.6 is 15.9 Å². The molecule has 0 spiro atoms. The van der Waals surface area contributed by atoms with Crippen molar-refractivity contribution in [2.45, 2.75) is 19.1 Å². The number of hydrogen-bond donors (Lipinski definition) is 1. The summed E-state index contributed by atoms with van der Waals surface area (Å²) in [6, 6.07) is 3.47. The van der Waals surface area contributed by atoms with Gasteiger partial charge in [0.2, 0.25) is 0 Å². The maximum Gasteiger partial charge on any atom is 0.255 e. The van der Waals surface area contributed by atoms with E-state index in [4.69, 9.17) is 9.84 Å². The highest BCUT2D eigenvalue weighted by molar-refractivity contribution is 9.10. The minimum Gasteiger partial charge on any atom is -0.394 e. The molecule has 1 fully saturated rings. The van der Waals surface area contributed by atoms with Crippen LogP contribution in [0.25, 0.3) is 0 Å². The molecule has 2 atom stereocenters. The first-order valence-corrected chi connectivity index (χ1v) is 6.56. The Morgan fingerprint density at radius 2 is 2.44 bits per heavy atom. The van der Waals surface area contributed by atoms with Crippen LogP contribution < -0.4 is 0 Å². The summed E-state index contributed by atoms with van der Waals surface area (Å²) in [4.78, 5) is 18.1. The zero-order valence-electron chi connectivity index (χ0n) is 10.0. The maximum atomic E-state index is 12.3. The number of halogens is 1. The van der Waals surface area contributed by atoms with Gasteiger partial charge in [-0.25, -0.2) is 4.98 Å². The lowest BCUT2D eigenvalue weighted by molar-refractivity contribution is -0.0667. The van der Waals surface area contributed by atoms with Crippen molar-refractivity contribution in [2.24, 2.45) is 0 Å². The van der Waals surface area contributed by atoms with E-state index in [0.29, 0.717) is 23.3 Å². The molecule has 0 aliphatic carbocycles. The number of pyridine rings is 1. The van der Waals surface area contributed by atoms with Gasteiger partial charge in [0.05, 0.1) is 30.9 Å². The Labute approximate surface area is 114 Å². The van der Waals surface area contributed by atoms with E-state index < -0.39 is 0 Å². The van der Waals surface area contributed by atoms with E-state index in [-0.39, 0.29) is 24.7 Å². The molecule has 0 bridgehead atoms.